The number of rotatable bonds is 2. The number of carboxylic acid groups (broad SMARTS) is 1. The van der Waals surface area contributed by atoms with Gasteiger partial charge in [-0.3, -0.25) is 0 Å². The molecule has 1 fully saturated rings. The molecular weight excluding hydrogens is 210 g/mol. The second-order valence-corrected chi connectivity index (χ2v) is 4.03. The summed E-state index contributed by atoms with van der Waals surface area (Å²) in [5.41, 5.74) is 0.185. The Bertz CT molecular complexity index is 394. The number of aryl methyl sites for hydroxylation is 1. The second kappa shape index (κ2) is 4.13. The van der Waals surface area contributed by atoms with Gasteiger partial charge in [0.2, 0.25) is 0 Å². The fraction of sp³-hybridized carbons (Fsp3) is 0.600. The van der Waals surface area contributed by atoms with Crippen LogP contribution >= 0.6 is 0 Å². The predicted octanol–water partition coefficient (Wildman–Crippen LogP) is 0.433. The summed E-state index contributed by atoms with van der Waals surface area (Å²) in [4.78, 5) is 15.2. The zero-order chi connectivity index (χ0) is 11.7. The third-order valence-corrected chi connectivity index (χ3v) is 2.86. The van der Waals surface area contributed by atoms with Crippen LogP contribution in [-0.2, 0) is 0 Å². The molecule has 0 unspecified atom stereocenters. The molecule has 16 heavy (non-hydrogen) atoms. The number of likely N-dealkylation sites (N-methyl/N-ethyl adjacent to an activating group) is 1. The zero-order valence-electron chi connectivity index (χ0n) is 9.43. The highest BCUT2D eigenvalue weighted by Gasteiger charge is 2.26. The summed E-state index contributed by atoms with van der Waals surface area (Å²) in [7, 11) is 2.05. The van der Waals surface area contributed by atoms with Gasteiger partial charge in [-0.2, -0.15) is 0 Å². The molecule has 0 amide bonds. The summed E-state index contributed by atoms with van der Waals surface area (Å²) in [6, 6.07) is 0. The molecule has 1 saturated heterocycles. The third kappa shape index (κ3) is 1.88. The molecule has 0 saturated carbocycles. The number of anilines is 1. The lowest BCUT2D eigenvalue weighted by Crippen LogP contribution is -2.45. The molecule has 0 radical (unpaired) electrons. The summed E-state index contributed by atoms with van der Waals surface area (Å²) in [6.07, 6.45) is 0. The first-order valence-corrected chi connectivity index (χ1v) is 5.22. The molecule has 1 aliphatic heterocycles. The molecule has 0 spiro atoms. The van der Waals surface area contributed by atoms with Crippen LogP contribution in [0.4, 0.5) is 5.82 Å². The van der Waals surface area contributed by atoms with Gasteiger partial charge >= 0.3 is 5.97 Å². The fourth-order valence-corrected chi connectivity index (χ4v) is 1.84. The van der Waals surface area contributed by atoms with Gasteiger partial charge in [-0.1, -0.05) is 5.16 Å². The van der Waals surface area contributed by atoms with E-state index in [0.717, 1.165) is 26.2 Å². The zero-order valence-corrected chi connectivity index (χ0v) is 9.43. The van der Waals surface area contributed by atoms with E-state index in [9.17, 15) is 4.79 Å². The molecule has 2 rings (SSSR count). The Morgan fingerprint density at radius 1 is 1.38 bits per heavy atom. The minimum Gasteiger partial charge on any atom is -0.477 e. The van der Waals surface area contributed by atoms with Crippen LogP contribution in [-0.4, -0.2) is 54.4 Å². The SMILES string of the molecule is Cc1onc(N2CCN(C)CC2)c1C(=O)O. The normalized spacial score (nSPS) is 17.8. The molecule has 88 valence electrons. The number of piperazine rings is 1. The molecule has 0 atom stereocenters. The van der Waals surface area contributed by atoms with Crippen LogP contribution in [0.25, 0.3) is 0 Å². The van der Waals surface area contributed by atoms with E-state index in [2.05, 4.69) is 10.1 Å². The number of nitrogens with zero attached hydrogens (tertiary/aromatic N) is 3. The second-order valence-electron chi connectivity index (χ2n) is 4.03. The summed E-state index contributed by atoms with van der Waals surface area (Å²) in [5.74, 6) is -0.160. The van der Waals surface area contributed by atoms with Crippen LogP contribution in [0.1, 0.15) is 16.1 Å². The van der Waals surface area contributed by atoms with Crippen molar-refractivity contribution in [2.45, 2.75) is 6.92 Å². The van der Waals surface area contributed by atoms with E-state index in [1.165, 1.54) is 0 Å². The number of hydrogen-bond donors (Lipinski definition) is 1. The Labute approximate surface area is 93.4 Å². The van der Waals surface area contributed by atoms with E-state index >= 15 is 0 Å². The summed E-state index contributed by atoms with van der Waals surface area (Å²) < 4.78 is 4.95. The largest absolute Gasteiger partial charge is 0.477 e. The average Bonchev–Trinajstić information content (AvgIpc) is 2.61. The molecule has 2 heterocycles. The number of aromatic nitrogens is 1. The van der Waals surface area contributed by atoms with Gasteiger partial charge in [-0.15, -0.1) is 0 Å². The molecular formula is C10H15N3O3. The highest BCUT2D eigenvalue weighted by Crippen LogP contribution is 2.23. The monoisotopic (exact) mass is 225 g/mol. The van der Waals surface area contributed by atoms with Crippen LogP contribution in [0, 0.1) is 6.92 Å². The number of hydrogen-bond acceptors (Lipinski definition) is 5. The Morgan fingerprint density at radius 3 is 2.56 bits per heavy atom. The summed E-state index contributed by atoms with van der Waals surface area (Å²) >= 11 is 0. The Hall–Kier alpha value is -1.56. The smallest absolute Gasteiger partial charge is 0.343 e. The van der Waals surface area contributed by atoms with Crippen molar-refractivity contribution in [3.63, 3.8) is 0 Å². The van der Waals surface area contributed by atoms with Crippen molar-refractivity contribution in [3.05, 3.63) is 11.3 Å². The van der Waals surface area contributed by atoms with Gasteiger partial charge in [-0.25, -0.2) is 4.79 Å². The van der Waals surface area contributed by atoms with Crippen LogP contribution < -0.4 is 4.90 Å². The summed E-state index contributed by atoms with van der Waals surface area (Å²) in [5, 5.41) is 12.9. The van der Waals surface area contributed by atoms with E-state index in [1.54, 1.807) is 6.92 Å². The predicted molar refractivity (Wildman–Crippen MR) is 57.9 cm³/mol. The molecule has 1 N–H and O–H groups in total. The first kappa shape index (κ1) is 10.9. The van der Waals surface area contributed by atoms with Crippen molar-refractivity contribution in [1.82, 2.24) is 10.1 Å². The summed E-state index contributed by atoms with van der Waals surface area (Å²) in [6.45, 7) is 5.00. The first-order valence-electron chi connectivity index (χ1n) is 5.22. The van der Waals surface area contributed by atoms with Gasteiger partial charge in [-0.05, 0) is 14.0 Å². The molecule has 1 aromatic rings. The third-order valence-electron chi connectivity index (χ3n) is 2.86. The van der Waals surface area contributed by atoms with Crippen molar-refractivity contribution >= 4 is 11.8 Å². The standard InChI is InChI=1S/C10H15N3O3/c1-7-8(10(14)15)9(11-16-7)13-5-3-12(2)4-6-13/h3-6H2,1-2H3,(H,14,15). The van der Waals surface area contributed by atoms with Crippen LogP contribution in [0.3, 0.4) is 0 Å². The molecule has 0 aliphatic carbocycles. The van der Waals surface area contributed by atoms with E-state index in [4.69, 9.17) is 9.63 Å². The topological polar surface area (TPSA) is 69.8 Å². The maximum atomic E-state index is 11.1. The minimum atomic E-state index is -0.979. The molecule has 1 aromatic heterocycles. The van der Waals surface area contributed by atoms with Gasteiger partial charge < -0.3 is 19.4 Å². The quantitative estimate of drug-likeness (QED) is 0.787. The van der Waals surface area contributed by atoms with Crippen molar-refractivity contribution < 1.29 is 14.4 Å². The van der Waals surface area contributed by atoms with E-state index < -0.39 is 5.97 Å². The number of aromatic carboxylic acids is 1. The average molecular weight is 225 g/mol. The van der Waals surface area contributed by atoms with Gasteiger partial charge in [0, 0.05) is 26.2 Å². The number of carboxylic acids is 1. The van der Waals surface area contributed by atoms with Crippen molar-refractivity contribution in [2.24, 2.45) is 0 Å². The van der Waals surface area contributed by atoms with Gasteiger partial charge in [0.1, 0.15) is 5.56 Å². The molecule has 6 heteroatoms. The van der Waals surface area contributed by atoms with Gasteiger partial charge in [0.25, 0.3) is 0 Å². The maximum absolute atomic E-state index is 11.1. The van der Waals surface area contributed by atoms with Crippen molar-refractivity contribution in [2.75, 3.05) is 38.1 Å². The van der Waals surface area contributed by atoms with Crippen LogP contribution in [0.15, 0.2) is 4.52 Å². The Kier molecular flexibility index (Phi) is 2.82. The maximum Gasteiger partial charge on any atom is 0.343 e. The lowest BCUT2D eigenvalue weighted by molar-refractivity contribution is 0.0695. The molecule has 6 nitrogen and oxygen atoms in total. The molecule has 0 aromatic carbocycles. The van der Waals surface area contributed by atoms with E-state index in [1.807, 2.05) is 11.9 Å². The Balaban J connectivity index is 2.24. The first-order chi connectivity index (χ1) is 7.59. The highest BCUT2D eigenvalue weighted by atomic mass is 16.5. The Morgan fingerprint density at radius 2 is 2.00 bits per heavy atom. The number of carbonyl (C=O) groups is 1. The van der Waals surface area contributed by atoms with Crippen LogP contribution in [0.5, 0.6) is 0 Å². The lowest BCUT2D eigenvalue weighted by atomic mass is 10.2. The minimum absolute atomic E-state index is 0.185. The highest BCUT2D eigenvalue weighted by molar-refractivity contribution is 5.94. The van der Waals surface area contributed by atoms with E-state index in [0.29, 0.717) is 11.6 Å². The van der Waals surface area contributed by atoms with Gasteiger partial charge in [0.15, 0.2) is 11.6 Å². The van der Waals surface area contributed by atoms with Crippen molar-refractivity contribution in [3.8, 4) is 0 Å². The molecule has 0 bridgehead atoms. The van der Waals surface area contributed by atoms with Gasteiger partial charge in [0.05, 0.1) is 0 Å². The van der Waals surface area contributed by atoms with Crippen molar-refractivity contribution in [1.29, 1.82) is 0 Å². The lowest BCUT2D eigenvalue weighted by Gasteiger charge is -2.32. The van der Waals surface area contributed by atoms with Crippen LogP contribution in [0.2, 0.25) is 0 Å². The van der Waals surface area contributed by atoms with E-state index in [-0.39, 0.29) is 5.56 Å². The fourth-order valence-electron chi connectivity index (χ4n) is 1.84. The molecule has 1 aliphatic rings.